The third-order valence-electron chi connectivity index (χ3n) is 3.08. The van der Waals surface area contributed by atoms with Crippen LogP contribution in [0.5, 0.6) is 0 Å². The van der Waals surface area contributed by atoms with Gasteiger partial charge in [0.1, 0.15) is 11.9 Å². The summed E-state index contributed by atoms with van der Waals surface area (Å²) in [4.78, 5) is 17.6. The summed E-state index contributed by atoms with van der Waals surface area (Å²) in [6.07, 6.45) is 2.05. The normalized spacial score (nSPS) is 14.2. The number of carbonyl (C=O) groups is 1. The third-order valence-corrected chi connectivity index (χ3v) is 4.99. The quantitative estimate of drug-likeness (QED) is 0.458. The molecule has 0 aromatic carbocycles. The zero-order chi connectivity index (χ0) is 14.0. The number of nitrogens with zero attached hydrogens (tertiary/aromatic N) is 2. The molecule has 1 aliphatic heterocycles. The van der Waals surface area contributed by atoms with Crippen molar-refractivity contribution < 1.29 is 29.0 Å². The summed E-state index contributed by atoms with van der Waals surface area (Å²) in [6, 6.07) is 2.82. The molecule has 0 radical (unpaired) electrons. The molecule has 1 aromatic rings. The van der Waals surface area contributed by atoms with Crippen LogP contribution in [0.2, 0.25) is 30.8 Å². The molecule has 7 heteroatoms. The van der Waals surface area contributed by atoms with E-state index in [9.17, 15) is 4.79 Å². The molecule has 0 saturated carbocycles. The molecule has 1 aromatic heterocycles. The standard InChI is InChI=1S/C13H19ClN2O2Si.Zn/c1-19(2,3)5-4-18-9-16-11-7-12(14)15-8-10(11)6-13(16)17;/h7-8H,4-6,9H2,1-3H3;. The molecule has 0 N–H and O–H groups in total. The van der Waals surface area contributed by atoms with E-state index >= 15 is 0 Å². The van der Waals surface area contributed by atoms with Gasteiger partial charge in [0.2, 0.25) is 5.91 Å². The van der Waals surface area contributed by atoms with E-state index in [-0.39, 0.29) is 25.4 Å². The first kappa shape index (κ1) is 17.8. The number of ether oxygens (including phenoxy) is 1. The molecule has 0 saturated heterocycles. The van der Waals surface area contributed by atoms with Gasteiger partial charge in [-0.2, -0.15) is 0 Å². The summed E-state index contributed by atoms with van der Waals surface area (Å²) < 4.78 is 5.64. The fourth-order valence-electron chi connectivity index (χ4n) is 1.90. The minimum absolute atomic E-state index is 0. The van der Waals surface area contributed by atoms with Gasteiger partial charge in [-0.1, -0.05) is 31.2 Å². The van der Waals surface area contributed by atoms with E-state index < -0.39 is 8.07 Å². The minimum atomic E-state index is -1.09. The average Bonchev–Trinajstić information content (AvgIpc) is 2.59. The molecule has 0 bridgehead atoms. The molecule has 20 heavy (non-hydrogen) atoms. The van der Waals surface area contributed by atoms with Gasteiger partial charge in [0.25, 0.3) is 0 Å². The molecule has 1 aliphatic rings. The molecule has 2 heterocycles. The molecule has 0 unspecified atom stereocenters. The number of fused-ring (bicyclic) bond motifs is 1. The second-order valence-corrected chi connectivity index (χ2v) is 12.0. The van der Waals surface area contributed by atoms with Crippen LogP contribution in [0.1, 0.15) is 5.56 Å². The molecule has 0 fully saturated rings. The minimum Gasteiger partial charge on any atom is -0.361 e. The Labute approximate surface area is 138 Å². The van der Waals surface area contributed by atoms with Crippen LogP contribution in [0.25, 0.3) is 0 Å². The molecule has 1 amide bonds. The zero-order valence-electron chi connectivity index (χ0n) is 12.3. The fraction of sp³-hybridized carbons (Fsp3) is 0.538. The molecular weight excluding hydrogens is 345 g/mol. The third kappa shape index (κ3) is 4.62. The van der Waals surface area contributed by atoms with E-state index in [1.54, 1.807) is 17.2 Å². The van der Waals surface area contributed by atoms with Crippen LogP contribution >= 0.6 is 11.6 Å². The first-order valence-corrected chi connectivity index (χ1v) is 10.5. The van der Waals surface area contributed by atoms with Crippen molar-refractivity contribution >= 4 is 31.3 Å². The predicted octanol–water partition coefficient (Wildman–Crippen LogP) is 2.93. The number of anilines is 1. The number of carbonyl (C=O) groups excluding carboxylic acids is 1. The van der Waals surface area contributed by atoms with Crippen LogP contribution in [0.3, 0.4) is 0 Å². The summed E-state index contributed by atoms with van der Waals surface area (Å²) in [7, 11) is -1.09. The van der Waals surface area contributed by atoms with Crippen LogP contribution in [0.15, 0.2) is 12.3 Å². The van der Waals surface area contributed by atoms with Crippen molar-refractivity contribution in [2.24, 2.45) is 0 Å². The molecule has 0 aliphatic carbocycles. The van der Waals surface area contributed by atoms with E-state index in [2.05, 4.69) is 24.6 Å². The van der Waals surface area contributed by atoms with Crippen LogP contribution in [-0.2, 0) is 35.4 Å². The number of amides is 1. The topological polar surface area (TPSA) is 42.4 Å². The van der Waals surface area contributed by atoms with Crippen molar-refractivity contribution in [2.45, 2.75) is 32.1 Å². The number of pyridine rings is 1. The maximum absolute atomic E-state index is 11.9. The maximum Gasteiger partial charge on any atom is 0.233 e. The SMILES string of the molecule is C[Si](C)(C)CCOCN1C(=O)Cc2cnc(Cl)cc21.[Zn]. The van der Waals surface area contributed by atoms with Gasteiger partial charge in [-0.3, -0.25) is 9.69 Å². The van der Waals surface area contributed by atoms with Crippen molar-refractivity contribution in [3.63, 3.8) is 0 Å². The van der Waals surface area contributed by atoms with Crippen molar-refractivity contribution in [1.82, 2.24) is 4.98 Å². The fourth-order valence-corrected chi connectivity index (χ4v) is 2.81. The van der Waals surface area contributed by atoms with Crippen molar-refractivity contribution in [2.75, 3.05) is 18.2 Å². The second kappa shape index (κ2) is 7.12. The molecule has 4 nitrogen and oxygen atoms in total. The number of halogens is 1. The summed E-state index contributed by atoms with van der Waals surface area (Å²) in [5.74, 6) is 0.0482. The van der Waals surface area contributed by atoms with E-state index in [1.165, 1.54) is 0 Å². The summed E-state index contributed by atoms with van der Waals surface area (Å²) in [6.45, 7) is 7.92. The summed E-state index contributed by atoms with van der Waals surface area (Å²) in [5.41, 5.74) is 1.75. The van der Waals surface area contributed by atoms with Crippen LogP contribution < -0.4 is 4.90 Å². The number of rotatable bonds is 5. The Morgan fingerprint density at radius 1 is 1.45 bits per heavy atom. The smallest absolute Gasteiger partial charge is 0.233 e. The van der Waals surface area contributed by atoms with Crippen molar-refractivity contribution in [3.8, 4) is 0 Å². The van der Waals surface area contributed by atoms with Gasteiger partial charge in [-0.15, -0.1) is 0 Å². The Hall–Kier alpha value is -0.290. The summed E-state index contributed by atoms with van der Waals surface area (Å²) >= 11 is 5.87. The second-order valence-electron chi connectivity index (χ2n) is 5.98. The van der Waals surface area contributed by atoms with E-state index in [0.29, 0.717) is 24.9 Å². The summed E-state index contributed by atoms with van der Waals surface area (Å²) in [5, 5.41) is 0.403. The van der Waals surface area contributed by atoms with E-state index in [1.807, 2.05) is 0 Å². The van der Waals surface area contributed by atoms with Gasteiger partial charge in [-0.05, 0) is 12.1 Å². The van der Waals surface area contributed by atoms with E-state index in [0.717, 1.165) is 17.3 Å². The Bertz CT molecular complexity index is 494. The average molecular weight is 364 g/mol. The Morgan fingerprint density at radius 3 is 2.80 bits per heavy atom. The van der Waals surface area contributed by atoms with Crippen LogP contribution in [0, 0.1) is 0 Å². The first-order valence-electron chi connectivity index (χ1n) is 6.39. The largest absolute Gasteiger partial charge is 0.361 e. The number of aromatic nitrogens is 1. The van der Waals surface area contributed by atoms with Gasteiger partial charge < -0.3 is 4.74 Å². The number of hydrogen-bond acceptors (Lipinski definition) is 3. The van der Waals surface area contributed by atoms with Crippen molar-refractivity contribution in [1.29, 1.82) is 0 Å². The van der Waals surface area contributed by atoms with Gasteiger partial charge in [0.05, 0.1) is 12.1 Å². The monoisotopic (exact) mass is 362 g/mol. The molecule has 2 rings (SSSR count). The molecular formula is C13H19ClN2O2SiZn. The Balaban J connectivity index is 0.00000200. The zero-order valence-corrected chi connectivity index (χ0v) is 17.0. The van der Waals surface area contributed by atoms with Crippen molar-refractivity contribution in [3.05, 3.63) is 23.0 Å². The number of hydrogen-bond donors (Lipinski definition) is 0. The van der Waals surface area contributed by atoms with Gasteiger partial charge >= 0.3 is 0 Å². The van der Waals surface area contributed by atoms with Crippen LogP contribution in [-0.4, -0.2) is 32.3 Å². The first-order chi connectivity index (χ1) is 8.87. The predicted molar refractivity (Wildman–Crippen MR) is 79.4 cm³/mol. The van der Waals surface area contributed by atoms with Gasteiger partial charge in [0, 0.05) is 45.9 Å². The molecule has 0 atom stereocenters. The maximum atomic E-state index is 11.9. The molecule has 0 spiro atoms. The van der Waals surface area contributed by atoms with E-state index in [4.69, 9.17) is 16.3 Å². The van der Waals surface area contributed by atoms with Gasteiger partial charge in [-0.25, -0.2) is 4.98 Å². The Morgan fingerprint density at radius 2 is 2.15 bits per heavy atom. The Kier molecular flexibility index (Phi) is 6.32. The van der Waals surface area contributed by atoms with Crippen LogP contribution in [0.4, 0.5) is 5.69 Å². The molecule has 106 valence electrons. The van der Waals surface area contributed by atoms with Gasteiger partial charge in [0.15, 0.2) is 0 Å².